The predicted molar refractivity (Wildman–Crippen MR) is 86.7 cm³/mol. The highest BCUT2D eigenvalue weighted by molar-refractivity contribution is 5.62. The van der Waals surface area contributed by atoms with Gasteiger partial charge in [-0.1, -0.05) is 32.8 Å². The first-order chi connectivity index (χ1) is 9.97. The minimum absolute atomic E-state index is 0.194. The van der Waals surface area contributed by atoms with Crippen molar-refractivity contribution in [2.24, 2.45) is 11.8 Å². The summed E-state index contributed by atoms with van der Waals surface area (Å²) in [6.45, 7) is 6.47. The lowest BCUT2D eigenvalue weighted by Crippen LogP contribution is -2.19. The Morgan fingerprint density at radius 2 is 2.00 bits per heavy atom. The monoisotopic (exact) mass is 290 g/mol. The minimum atomic E-state index is -0.289. The molecule has 116 valence electrons. The molecule has 0 heterocycles. The average molecular weight is 290 g/mol. The van der Waals surface area contributed by atoms with E-state index in [1.165, 1.54) is 19.3 Å². The van der Waals surface area contributed by atoms with Crippen molar-refractivity contribution in [3.05, 3.63) is 33.9 Å². The van der Waals surface area contributed by atoms with Crippen LogP contribution in [0.5, 0.6) is 0 Å². The van der Waals surface area contributed by atoms with Crippen molar-refractivity contribution < 1.29 is 4.92 Å². The van der Waals surface area contributed by atoms with Gasteiger partial charge in [-0.15, -0.1) is 0 Å². The summed E-state index contributed by atoms with van der Waals surface area (Å²) in [6, 6.07) is 5.78. The van der Waals surface area contributed by atoms with Crippen molar-refractivity contribution in [3.63, 3.8) is 0 Å². The van der Waals surface area contributed by atoms with Crippen LogP contribution in [0.1, 0.15) is 51.5 Å². The second kappa shape index (κ2) is 6.92. The number of nitrogens with zero attached hydrogens (tertiary/aromatic N) is 1. The normalized spacial score (nSPS) is 22.9. The van der Waals surface area contributed by atoms with Gasteiger partial charge in [0.05, 0.1) is 4.92 Å². The van der Waals surface area contributed by atoms with Gasteiger partial charge in [-0.05, 0) is 49.7 Å². The molecule has 4 nitrogen and oxygen atoms in total. The van der Waals surface area contributed by atoms with Gasteiger partial charge in [-0.2, -0.15) is 0 Å². The first kappa shape index (κ1) is 15.8. The van der Waals surface area contributed by atoms with Gasteiger partial charge in [0.1, 0.15) is 5.69 Å². The first-order valence-corrected chi connectivity index (χ1v) is 7.99. The molecule has 0 saturated heterocycles. The lowest BCUT2D eigenvalue weighted by Gasteiger charge is -2.20. The SMILES string of the molecule is Cc1ccc(NC2CCCC(C(C)C)CC2)c([N+](=O)[O-])c1. The highest BCUT2D eigenvalue weighted by Gasteiger charge is 2.23. The summed E-state index contributed by atoms with van der Waals surface area (Å²) in [6.07, 6.45) is 5.92. The Kier molecular flexibility index (Phi) is 5.21. The zero-order chi connectivity index (χ0) is 15.4. The minimum Gasteiger partial charge on any atom is -0.377 e. The zero-order valence-electron chi connectivity index (χ0n) is 13.3. The van der Waals surface area contributed by atoms with E-state index in [1.54, 1.807) is 6.07 Å². The van der Waals surface area contributed by atoms with Crippen LogP contribution in [-0.2, 0) is 0 Å². The van der Waals surface area contributed by atoms with Gasteiger partial charge in [0.25, 0.3) is 5.69 Å². The molecule has 1 aromatic carbocycles. The molecule has 0 spiro atoms. The van der Waals surface area contributed by atoms with Gasteiger partial charge < -0.3 is 5.32 Å². The number of hydrogen-bond donors (Lipinski definition) is 1. The number of aryl methyl sites for hydroxylation is 1. The molecule has 0 bridgehead atoms. The summed E-state index contributed by atoms with van der Waals surface area (Å²) in [4.78, 5) is 10.9. The molecule has 4 heteroatoms. The Bertz CT molecular complexity index is 500. The van der Waals surface area contributed by atoms with Crippen molar-refractivity contribution in [1.82, 2.24) is 0 Å². The van der Waals surface area contributed by atoms with Crippen molar-refractivity contribution in [2.75, 3.05) is 5.32 Å². The fraction of sp³-hybridized carbons (Fsp3) is 0.647. The molecule has 1 N–H and O–H groups in total. The van der Waals surface area contributed by atoms with Crippen LogP contribution in [0.15, 0.2) is 18.2 Å². The van der Waals surface area contributed by atoms with E-state index in [4.69, 9.17) is 0 Å². The summed E-state index contributed by atoms with van der Waals surface area (Å²) in [5.41, 5.74) is 1.78. The van der Waals surface area contributed by atoms with Crippen LogP contribution < -0.4 is 5.32 Å². The van der Waals surface area contributed by atoms with Crippen LogP contribution in [0.2, 0.25) is 0 Å². The molecule has 2 rings (SSSR count). The lowest BCUT2D eigenvalue weighted by molar-refractivity contribution is -0.384. The highest BCUT2D eigenvalue weighted by Crippen LogP contribution is 2.32. The van der Waals surface area contributed by atoms with Crippen molar-refractivity contribution >= 4 is 11.4 Å². The van der Waals surface area contributed by atoms with Gasteiger partial charge >= 0.3 is 0 Å². The molecule has 1 saturated carbocycles. The number of nitrogens with one attached hydrogen (secondary N) is 1. The lowest BCUT2D eigenvalue weighted by atomic mass is 9.89. The molecule has 0 radical (unpaired) electrons. The smallest absolute Gasteiger partial charge is 0.292 e. The van der Waals surface area contributed by atoms with E-state index in [9.17, 15) is 10.1 Å². The van der Waals surface area contributed by atoms with E-state index in [0.29, 0.717) is 11.7 Å². The third-order valence-electron chi connectivity index (χ3n) is 4.67. The van der Waals surface area contributed by atoms with Crippen molar-refractivity contribution in [2.45, 2.75) is 58.9 Å². The third kappa shape index (κ3) is 4.19. The van der Waals surface area contributed by atoms with E-state index in [2.05, 4.69) is 19.2 Å². The van der Waals surface area contributed by atoms with E-state index < -0.39 is 0 Å². The summed E-state index contributed by atoms with van der Waals surface area (Å²) in [7, 11) is 0. The first-order valence-electron chi connectivity index (χ1n) is 7.99. The Morgan fingerprint density at radius 1 is 1.24 bits per heavy atom. The quantitative estimate of drug-likeness (QED) is 0.486. The maximum atomic E-state index is 11.2. The van der Waals surface area contributed by atoms with Crippen LogP contribution in [0.4, 0.5) is 11.4 Å². The predicted octanol–water partition coefficient (Wildman–Crippen LogP) is 4.92. The summed E-state index contributed by atoms with van der Waals surface area (Å²) in [5.74, 6) is 1.53. The Labute approximate surface area is 127 Å². The largest absolute Gasteiger partial charge is 0.377 e. The molecule has 0 aromatic heterocycles. The Morgan fingerprint density at radius 3 is 2.67 bits per heavy atom. The second-order valence-electron chi connectivity index (χ2n) is 6.63. The second-order valence-corrected chi connectivity index (χ2v) is 6.63. The van der Waals surface area contributed by atoms with Crippen molar-refractivity contribution in [1.29, 1.82) is 0 Å². The topological polar surface area (TPSA) is 55.2 Å². The summed E-state index contributed by atoms with van der Waals surface area (Å²) >= 11 is 0. The van der Waals surface area contributed by atoms with Crippen LogP contribution in [0, 0.1) is 28.9 Å². The number of hydrogen-bond acceptors (Lipinski definition) is 3. The molecular weight excluding hydrogens is 264 g/mol. The van der Waals surface area contributed by atoms with Gasteiger partial charge in [0.15, 0.2) is 0 Å². The van der Waals surface area contributed by atoms with E-state index in [1.807, 2.05) is 19.1 Å². The molecule has 2 unspecified atom stereocenters. The van der Waals surface area contributed by atoms with Gasteiger partial charge in [0, 0.05) is 12.1 Å². The standard InChI is InChI=1S/C17H26N2O2/c1-12(2)14-5-4-6-15(9-8-14)18-16-10-7-13(3)11-17(16)19(20)21/h7,10-12,14-15,18H,4-6,8-9H2,1-3H3. The fourth-order valence-electron chi connectivity index (χ4n) is 3.28. The van der Waals surface area contributed by atoms with Crippen molar-refractivity contribution in [3.8, 4) is 0 Å². The maximum Gasteiger partial charge on any atom is 0.292 e. The molecule has 1 fully saturated rings. The zero-order valence-corrected chi connectivity index (χ0v) is 13.3. The van der Waals surface area contributed by atoms with E-state index >= 15 is 0 Å². The summed E-state index contributed by atoms with van der Waals surface area (Å²) in [5, 5.41) is 14.6. The van der Waals surface area contributed by atoms with Gasteiger partial charge in [-0.3, -0.25) is 10.1 Å². The molecule has 1 aromatic rings. The molecule has 1 aliphatic carbocycles. The molecular formula is C17H26N2O2. The number of nitro groups is 1. The summed E-state index contributed by atoms with van der Waals surface area (Å²) < 4.78 is 0. The molecule has 2 atom stereocenters. The third-order valence-corrected chi connectivity index (χ3v) is 4.67. The van der Waals surface area contributed by atoms with Crippen LogP contribution in [0.3, 0.4) is 0 Å². The number of anilines is 1. The number of rotatable bonds is 4. The molecule has 0 amide bonds. The van der Waals surface area contributed by atoms with Crippen LogP contribution in [-0.4, -0.2) is 11.0 Å². The van der Waals surface area contributed by atoms with E-state index in [0.717, 1.165) is 30.2 Å². The number of nitro benzene ring substituents is 1. The van der Waals surface area contributed by atoms with Gasteiger partial charge in [-0.25, -0.2) is 0 Å². The molecule has 21 heavy (non-hydrogen) atoms. The van der Waals surface area contributed by atoms with Gasteiger partial charge in [0.2, 0.25) is 0 Å². The van der Waals surface area contributed by atoms with Crippen LogP contribution in [0.25, 0.3) is 0 Å². The van der Waals surface area contributed by atoms with E-state index in [-0.39, 0.29) is 10.6 Å². The Balaban J connectivity index is 2.06. The van der Waals surface area contributed by atoms with Crippen LogP contribution >= 0.6 is 0 Å². The average Bonchev–Trinajstić information content (AvgIpc) is 2.66. The fourth-order valence-corrected chi connectivity index (χ4v) is 3.28. The highest BCUT2D eigenvalue weighted by atomic mass is 16.6. The molecule has 1 aliphatic rings. The Hall–Kier alpha value is -1.58. The molecule has 0 aliphatic heterocycles. The maximum absolute atomic E-state index is 11.2. The number of benzene rings is 1.